The van der Waals surface area contributed by atoms with Crippen LogP contribution >= 0.6 is 0 Å². The van der Waals surface area contributed by atoms with E-state index >= 15 is 0 Å². The minimum absolute atomic E-state index is 0.0344. The van der Waals surface area contributed by atoms with Gasteiger partial charge in [-0.25, -0.2) is 13.8 Å². The van der Waals surface area contributed by atoms with Crippen molar-refractivity contribution in [1.29, 1.82) is 0 Å². The van der Waals surface area contributed by atoms with Gasteiger partial charge in [-0.3, -0.25) is 9.59 Å². The van der Waals surface area contributed by atoms with E-state index in [4.69, 9.17) is 4.42 Å². The van der Waals surface area contributed by atoms with Crippen LogP contribution in [0.15, 0.2) is 40.9 Å². The van der Waals surface area contributed by atoms with Gasteiger partial charge in [0, 0.05) is 30.8 Å². The number of alkyl halides is 3. The number of carbonyl (C=O) groups is 2. The van der Waals surface area contributed by atoms with Crippen molar-refractivity contribution in [3.63, 3.8) is 0 Å². The number of carbonyl (C=O) groups excluding carboxylic acids is 2. The molecule has 3 heterocycles. The van der Waals surface area contributed by atoms with Gasteiger partial charge in [0.1, 0.15) is 12.4 Å². The third-order valence-electron chi connectivity index (χ3n) is 7.14. The first-order valence-corrected chi connectivity index (χ1v) is 12.4. The molecule has 2 aromatic heterocycles. The smallest absolute Gasteiger partial charge is 0.399 e. The first-order valence-electron chi connectivity index (χ1n) is 12.4. The second-order valence-electron chi connectivity index (χ2n) is 9.95. The number of aromatic nitrogens is 3. The normalized spacial score (nSPS) is 16.9. The predicted molar refractivity (Wildman–Crippen MR) is 132 cm³/mol. The maximum Gasteiger partial charge on any atom is 0.405 e. The number of rotatable bonds is 7. The molecule has 1 aliphatic carbocycles. The van der Waals surface area contributed by atoms with Crippen molar-refractivity contribution >= 4 is 35.0 Å². The Hall–Kier alpha value is -4.30. The molecule has 1 saturated heterocycles. The van der Waals surface area contributed by atoms with Crippen LogP contribution in [0.25, 0.3) is 0 Å². The van der Waals surface area contributed by atoms with E-state index in [1.54, 1.807) is 12.1 Å². The molecular formula is C25H24F5N7O3. The maximum atomic E-state index is 13.4. The van der Waals surface area contributed by atoms with Gasteiger partial charge in [0.15, 0.2) is 11.6 Å². The van der Waals surface area contributed by atoms with Gasteiger partial charge >= 0.3 is 24.0 Å². The van der Waals surface area contributed by atoms with E-state index in [0.29, 0.717) is 37.4 Å². The van der Waals surface area contributed by atoms with E-state index in [2.05, 4.69) is 30.7 Å². The standard InChI is InChI=1S/C25H24F5N7O3/c26-17-3-1-15(9-18(17)27)34-23-36-35-22(40-23)21(39)33-16-2-4-19(31-12-16)37-7-5-24(6-8-37)10-14(11-24)20(38)32-13-25(28,29)30/h1-4,9,12,14H,5-8,10-11,13H2,(H,32,38)(H,33,39)(H,34,36). The quantitative estimate of drug-likeness (QED) is 0.360. The second kappa shape index (κ2) is 10.7. The molecule has 2 aliphatic rings. The molecular weight excluding hydrogens is 541 g/mol. The molecule has 5 rings (SSSR count). The van der Waals surface area contributed by atoms with Gasteiger partial charge in [-0.2, -0.15) is 13.2 Å². The molecule has 0 unspecified atom stereocenters. The Balaban J connectivity index is 1.09. The molecule has 3 aromatic rings. The number of piperidine rings is 1. The fourth-order valence-electron chi connectivity index (χ4n) is 5.02. The highest BCUT2D eigenvalue weighted by Crippen LogP contribution is 2.52. The molecule has 1 aromatic carbocycles. The summed E-state index contributed by atoms with van der Waals surface area (Å²) in [5.74, 6) is -3.36. The number of nitrogens with one attached hydrogen (secondary N) is 3. The van der Waals surface area contributed by atoms with E-state index in [1.807, 2.05) is 5.32 Å². The first kappa shape index (κ1) is 27.3. The highest BCUT2D eigenvalue weighted by Gasteiger charge is 2.48. The van der Waals surface area contributed by atoms with Crippen LogP contribution in [0.3, 0.4) is 0 Å². The molecule has 2 amide bonds. The molecule has 0 radical (unpaired) electrons. The molecule has 1 spiro atoms. The van der Waals surface area contributed by atoms with Crippen molar-refractivity contribution in [1.82, 2.24) is 20.5 Å². The first-order chi connectivity index (χ1) is 19.0. The lowest BCUT2D eigenvalue weighted by atomic mass is 9.57. The number of nitrogens with zero attached hydrogens (tertiary/aromatic N) is 4. The number of amides is 2. The molecule has 40 heavy (non-hydrogen) atoms. The number of anilines is 4. The molecule has 1 saturated carbocycles. The van der Waals surface area contributed by atoms with E-state index in [-0.39, 0.29) is 28.9 Å². The Morgan fingerprint density at radius 3 is 2.40 bits per heavy atom. The summed E-state index contributed by atoms with van der Waals surface area (Å²) in [5, 5.41) is 14.4. The van der Waals surface area contributed by atoms with Gasteiger partial charge in [-0.1, -0.05) is 5.10 Å². The summed E-state index contributed by atoms with van der Waals surface area (Å²) in [7, 11) is 0. The molecule has 1 aliphatic heterocycles. The molecule has 15 heteroatoms. The Kier molecular flexibility index (Phi) is 7.29. The highest BCUT2D eigenvalue weighted by atomic mass is 19.4. The van der Waals surface area contributed by atoms with Gasteiger partial charge in [-0.05, 0) is 55.4 Å². The molecule has 212 valence electrons. The number of hydrogen-bond acceptors (Lipinski definition) is 8. The van der Waals surface area contributed by atoms with Crippen LogP contribution in [0.2, 0.25) is 0 Å². The van der Waals surface area contributed by atoms with Crippen molar-refractivity contribution in [3.05, 3.63) is 54.1 Å². The minimum Gasteiger partial charge on any atom is -0.399 e. The molecule has 0 bridgehead atoms. The average Bonchev–Trinajstić information content (AvgIpc) is 3.37. The average molecular weight is 566 g/mol. The lowest BCUT2D eigenvalue weighted by Gasteiger charge is -2.51. The van der Waals surface area contributed by atoms with Gasteiger partial charge in [0.2, 0.25) is 5.91 Å². The highest BCUT2D eigenvalue weighted by molar-refractivity contribution is 6.00. The summed E-state index contributed by atoms with van der Waals surface area (Å²) in [6.45, 7) is 0.0643. The fraction of sp³-hybridized carbons (Fsp3) is 0.400. The number of hydrogen-bond donors (Lipinski definition) is 3. The summed E-state index contributed by atoms with van der Waals surface area (Å²) in [4.78, 5) is 30.9. The molecule has 10 nitrogen and oxygen atoms in total. The summed E-state index contributed by atoms with van der Waals surface area (Å²) >= 11 is 0. The van der Waals surface area contributed by atoms with Crippen LogP contribution in [0.5, 0.6) is 0 Å². The van der Waals surface area contributed by atoms with Crippen LogP contribution in [0, 0.1) is 23.0 Å². The molecule has 3 N–H and O–H groups in total. The van der Waals surface area contributed by atoms with Crippen LogP contribution < -0.4 is 20.9 Å². The lowest BCUT2D eigenvalue weighted by Crippen LogP contribution is -2.52. The zero-order valence-electron chi connectivity index (χ0n) is 20.9. The number of benzene rings is 1. The van der Waals surface area contributed by atoms with Gasteiger partial charge in [0.05, 0.1) is 11.9 Å². The van der Waals surface area contributed by atoms with E-state index in [9.17, 15) is 31.5 Å². The monoisotopic (exact) mass is 565 g/mol. The summed E-state index contributed by atoms with van der Waals surface area (Å²) in [6.07, 6.45) is -0.189. The van der Waals surface area contributed by atoms with E-state index in [1.165, 1.54) is 12.3 Å². The third kappa shape index (κ3) is 6.29. The van der Waals surface area contributed by atoms with E-state index < -0.39 is 36.2 Å². The largest absolute Gasteiger partial charge is 0.405 e. The maximum absolute atomic E-state index is 13.4. The van der Waals surface area contributed by atoms with Gasteiger partial charge in [0.25, 0.3) is 0 Å². The zero-order valence-corrected chi connectivity index (χ0v) is 20.9. The zero-order chi connectivity index (χ0) is 28.5. The summed E-state index contributed by atoms with van der Waals surface area (Å²) in [5.41, 5.74) is 0.497. The van der Waals surface area contributed by atoms with Crippen molar-refractivity contribution in [3.8, 4) is 0 Å². The van der Waals surface area contributed by atoms with Gasteiger partial charge < -0.3 is 25.3 Å². The van der Waals surface area contributed by atoms with Crippen molar-refractivity contribution in [2.45, 2.75) is 31.9 Å². The molecule has 0 atom stereocenters. The summed E-state index contributed by atoms with van der Waals surface area (Å²) < 4.78 is 68.6. The Bertz CT molecular complexity index is 1380. The van der Waals surface area contributed by atoms with Crippen molar-refractivity contribution in [2.24, 2.45) is 11.3 Å². The van der Waals surface area contributed by atoms with Crippen LogP contribution in [-0.4, -0.2) is 52.8 Å². The SMILES string of the molecule is O=C(Nc1ccc(N2CCC3(CC2)CC(C(=O)NCC(F)(F)F)C3)nc1)c1nnc(Nc2ccc(F)c(F)c2)o1. The van der Waals surface area contributed by atoms with Crippen LogP contribution in [0.1, 0.15) is 36.4 Å². The fourth-order valence-corrected chi connectivity index (χ4v) is 5.02. The second-order valence-corrected chi connectivity index (χ2v) is 9.95. The minimum atomic E-state index is -4.42. The number of pyridine rings is 1. The topological polar surface area (TPSA) is 125 Å². The van der Waals surface area contributed by atoms with Crippen molar-refractivity contribution in [2.75, 3.05) is 35.2 Å². The predicted octanol–water partition coefficient (Wildman–Crippen LogP) is 4.41. The Morgan fingerprint density at radius 1 is 1.02 bits per heavy atom. The third-order valence-corrected chi connectivity index (χ3v) is 7.14. The van der Waals surface area contributed by atoms with E-state index in [0.717, 1.165) is 25.0 Å². The van der Waals surface area contributed by atoms with Crippen molar-refractivity contribution < 1.29 is 36.0 Å². The number of halogens is 5. The van der Waals surface area contributed by atoms with Crippen LogP contribution in [0.4, 0.5) is 45.2 Å². The Labute approximate surface area is 224 Å². The van der Waals surface area contributed by atoms with Crippen LogP contribution in [-0.2, 0) is 4.79 Å². The lowest BCUT2D eigenvalue weighted by molar-refractivity contribution is -0.146. The summed E-state index contributed by atoms with van der Waals surface area (Å²) in [6, 6.07) is 6.31. The molecule has 2 fully saturated rings. The van der Waals surface area contributed by atoms with Gasteiger partial charge in [-0.15, -0.1) is 5.10 Å². The Morgan fingerprint density at radius 2 is 1.75 bits per heavy atom.